The van der Waals surface area contributed by atoms with Gasteiger partial charge in [0.15, 0.2) is 6.23 Å². The van der Waals surface area contributed by atoms with E-state index in [0.717, 1.165) is 6.54 Å². The second-order valence-electron chi connectivity index (χ2n) is 3.70. The highest BCUT2D eigenvalue weighted by Gasteiger charge is 2.23. The maximum Gasteiger partial charge on any atom is 0.155 e. The molecule has 0 radical (unpaired) electrons. The minimum atomic E-state index is -0.00241. The van der Waals surface area contributed by atoms with E-state index in [2.05, 4.69) is 24.4 Å². The molecule has 1 heterocycles. The van der Waals surface area contributed by atoms with Crippen LogP contribution in [0.5, 0.6) is 0 Å². The van der Waals surface area contributed by atoms with Gasteiger partial charge in [-0.05, 0) is 12.5 Å². The van der Waals surface area contributed by atoms with Crippen LogP contribution >= 0.6 is 0 Å². The van der Waals surface area contributed by atoms with Gasteiger partial charge in [-0.2, -0.15) is 5.06 Å². The SMILES string of the molecule is C[C@@H]1CN[C@@H](c2ccccc2)ON1C. The van der Waals surface area contributed by atoms with E-state index < -0.39 is 0 Å². The summed E-state index contributed by atoms with van der Waals surface area (Å²) in [6.45, 7) is 3.09. The predicted octanol–water partition coefficient (Wildman–Crippen LogP) is 1.54. The van der Waals surface area contributed by atoms with Crippen LogP contribution in [0.2, 0.25) is 0 Å². The van der Waals surface area contributed by atoms with E-state index in [0.29, 0.717) is 6.04 Å². The van der Waals surface area contributed by atoms with E-state index in [1.54, 1.807) is 0 Å². The molecule has 1 fully saturated rings. The fraction of sp³-hybridized carbons (Fsp3) is 0.455. The summed E-state index contributed by atoms with van der Waals surface area (Å²) < 4.78 is 0. The number of nitrogens with zero attached hydrogens (tertiary/aromatic N) is 1. The molecule has 1 aliphatic heterocycles. The maximum atomic E-state index is 5.71. The number of hydrogen-bond donors (Lipinski definition) is 1. The van der Waals surface area contributed by atoms with Gasteiger partial charge in [0, 0.05) is 19.6 Å². The average Bonchev–Trinajstić information content (AvgIpc) is 2.23. The average molecular weight is 192 g/mol. The zero-order valence-corrected chi connectivity index (χ0v) is 8.60. The van der Waals surface area contributed by atoms with Crippen molar-refractivity contribution < 1.29 is 4.84 Å². The first-order valence-electron chi connectivity index (χ1n) is 4.95. The van der Waals surface area contributed by atoms with Crippen LogP contribution in [0.15, 0.2) is 30.3 Å². The van der Waals surface area contributed by atoms with E-state index in [1.807, 2.05) is 30.3 Å². The number of hydrogen-bond acceptors (Lipinski definition) is 3. The lowest BCUT2D eigenvalue weighted by Crippen LogP contribution is -2.47. The van der Waals surface area contributed by atoms with Gasteiger partial charge in [-0.3, -0.25) is 10.2 Å². The molecule has 0 aliphatic carbocycles. The fourth-order valence-corrected chi connectivity index (χ4v) is 1.52. The van der Waals surface area contributed by atoms with E-state index in [9.17, 15) is 0 Å². The van der Waals surface area contributed by atoms with Crippen molar-refractivity contribution in [2.75, 3.05) is 13.6 Å². The zero-order valence-electron chi connectivity index (χ0n) is 8.60. The van der Waals surface area contributed by atoms with Gasteiger partial charge in [-0.1, -0.05) is 30.3 Å². The van der Waals surface area contributed by atoms with E-state index in [1.165, 1.54) is 5.56 Å². The monoisotopic (exact) mass is 192 g/mol. The van der Waals surface area contributed by atoms with Gasteiger partial charge in [0.1, 0.15) is 0 Å². The summed E-state index contributed by atoms with van der Waals surface area (Å²) >= 11 is 0. The Labute approximate surface area is 84.6 Å². The zero-order chi connectivity index (χ0) is 9.97. The molecule has 0 saturated carbocycles. The van der Waals surface area contributed by atoms with E-state index in [-0.39, 0.29) is 6.23 Å². The van der Waals surface area contributed by atoms with Crippen LogP contribution in [0, 0.1) is 0 Å². The molecule has 1 aromatic rings. The minimum absolute atomic E-state index is 0.00241. The van der Waals surface area contributed by atoms with Gasteiger partial charge < -0.3 is 0 Å². The fourth-order valence-electron chi connectivity index (χ4n) is 1.52. The third-order valence-electron chi connectivity index (χ3n) is 2.59. The molecule has 0 aromatic heterocycles. The van der Waals surface area contributed by atoms with Crippen molar-refractivity contribution in [1.82, 2.24) is 10.4 Å². The summed E-state index contributed by atoms with van der Waals surface area (Å²) in [6.07, 6.45) is -0.00241. The number of likely N-dealkylation sites (N-methyl/N-ethyl adjacent to an activating group) is 1. The first-order valence-corrected chi connectivity index (χ1v) is 4.95. The standard InChI is InChI=1S/C11H16N2O/c1-9-8-12-11(14-13(9)2)10-6-4-3-5-7-10/h3-7,9,11-12H,8H2,1-2H3/t9-,11-/m1/s1. The quantitative estimate of drug-likeness (QED) is 0.730. The molecular formula is C11H16N2O. The van der Waals surface area contributed by atoms with Crippen molar-refractivity contribution in [1.29, 1.82) is 0 Å². The molecule has 1 aromatic carbocycles. The van der Waals surface area contributed by atoms with Gasteiger partial charge in [0.25, 0.3) is 0 Å². The molecule has 1 saturated heterocycles. The first-order chi connectivity index (χ1) is 6.77. The largest absolute Gasteiger partial charge is 0.285 e. The molecule has 0 bridgehead atoms. The Morgan fingerprint density at radius 1 is 1.36 bits per heavy atom. The van der Waals surface area contributed by atoms with E-state index in [4.69, 9.17) is 4.84 Å². The summed E-state index contributed by atoms with van der Waals surface area (Å²) in [5, 5.41) is 5.26. The molecule has 2 atom stereocenters. The third-order valence-corrected chi connectivity index (χ3v) is 2.59. The Kier molecular flexibility index (Phi) is 2.82. The molecule has 2 rings (SSSR count). The van der Waals surface area contributed by atoms with Crippen LogP contribution in [-0.4, -0.2) is 24.7 Å². The lowest BCUT2D eigenvalue weighted by atomic mass is 10.2. The molecule has 0 amide bonds. The Morgan fingerprint density at radius 3 is 2.71 bits per heavy atom. The van der Waals surface area contributed by atoms with Gasteiger partial charge >= 0.3 is 0 Å². The molecule has 76 valence electrons. The molecule has 3 heteroatoms. The van der Waals surface area contributed by atoms with Crippen LogP contribution in [0.1, 0.15) is 18.7 Å². The molecule has 1 N–H and O–H groups in total. The molecule has 14 heavy (non-hydrogen) atoms. The van der Waals surface area contributed by atoms with Gasteiger partial charge in [-0.25, -0.2) is 0 Å². The number of hydroxylamine groups is 2. The Bertz CT molecular complexity index is 289. The van der Waals surface area contributed by atoms with Crippen LogP contribution < -0.4 is 5.32 Å². The Balaban J connectivity index is 2.07. The summed E-state index contributed by atoms with van der Waals surface area (Å²) in [5.74, 6) is 0. The van der Waals surface area contributed by atoms with Crippen LogP contribution in [0.25, 0.3) is 0 Å². The highest BCUT2D eigenvalue weighted by atomic mass is 16.7. The molecule has 1 aliphatic rings. The number of benzene rings is 1. The lowest BCUT2D eigenvalue weighted by molar-refractivity contribution is -0.238. The lowest BCUT2D eigenvalue weighted by Gasteiger charge is -2.35. The number of nitrogens with one attached hydrogen (secondary N) is 1. The van der Waals surface area contributed by atoms with Crippen LogP contribution in [0.3, 0.4) is 0 Å². The summed E-state index contributed by atoms with van der Waals surface area (Å²) in [6, 6.07) is 10.6. The topological polar surface area (TPSA) is 24.5 Å². The molecule has 0 unspecified atom stereocenters. The highest BCUT2D eigenvalue weighted by molar-refractivity contribution is 5.17. The Hall–Kier alpha value is -0.900. The van der Waals surface area contributed by atoms with Gasteiger partial charge in [0.2, 0.25) is 0 Å². The van der Waals surface area contributed by atoms with Gasteiger partial charge in [-0.15, -0.1) is 0 Å². The smallest absolute Gasteiger partial charge is 0.155 e. The first kappa shape index (κ1) is 9.65. The normalized spacial score (nSPS) is 29.0. The number of rotatable bonds is 1. The predicted molar refractivity (Wildman–Crippen MR) is 55.5 cm³/mol. The van der Waals surface area contributed by atoms with Gasteiger partial charge in [0.05, 0.1) is 0 Å². The summed E-state index contributed by atoms with van der Waals surface area (Å²) in [5.41, 5.74) is 1.17. The second-order valence-corrected chi connectivity index (χ2v) is 3.70. The van der Waals surface area contributed by atoms with Crippen molar-refractivity contribution in [3.63, 3.8) is 0 Å². The van der Waals surface area contributed by atoms with Crippen molar-refractivity contribution in [2.24, 2.45) is 0 Å². The van der Waals surface area contributed by atoms with Crippen molar-refractivity contribution in [2.45, 2.75) is 19.2 Å². The van der Waals surface area contributed by atoms with Crippen molar-refractivity contribution in [3.8, 4) is 0 Å². The summed E-state index contributed by atoms with van der Waals surface area (Å²) in [7, 11) is 1.97. The summed E-state index contributed by atoms with van der Waals surface area (Å²) in [4.78, 5) is 5.71. The molecular weight excluding hydrogens is 176 g/mol. The molecule has 3 nitrogen and oxygen atoms in total. The van der Waals surface area contributed by atoms with Crippen LogP contribution in [-0.2, 0) is 4.84 Å². The highest BCUT2D eigenvalue weighted by Crippen LogP contribution is 2.19. The van der Waals surface area contributed by atoms with Crippen LogP contribution in [0.4, 0.5) is 0 Å². The third kappa shape index (κ3) is 1.95. The molecule has 0 spiro atoms. The Morgan fingerprint density at radius 2 is 2.07 bits per heavy atom. The van der Waals surface area contributed by atoms with Crippen molar-refractivity contribution in [3.05, 3.63) is 35.9 Å². The maximum absolute atomic E-state index is 5.71. The minimum Gasteiger partial charge on any atom is -0.285 e. The van der Waals surface area contributed by atoms with E-state index >= 15 is 0 Å². The van der Waals surface area contributed by atoms with Crippen molar-refractivity contribution >= 4 is 0 Å². The second kappa shape index (κ2) is 4.09.